The molecule has 0 atom stereocenters. The SMILES string of the molecule is CC(C)CCNC(=O)Nc1ccc(C(=O)N2CCNCC2)c(F)c1F. The maximum absolute atomic E-state index is 14.3. The van der Waals surface area contributed by atoms with Crippen LogP contribution in [-0.4, -0.2) is 49.6 Å². The minimum Gasteiger partial charge on any atom is -0.338 e. The molecule has 3 amide bonds. The minimum atomic E-state index is -1.25. The molecule has 0 spiro atoms. The van der Waals surface area contributed by atoms with E-state index in [4.69, 9.17) is 0 Å². The molecule has 1 fully saturated rings. The first-order chi connectivity index (χ1) is 11.9. The number of amides is 3. The Kier molecular flexibility index (Phi) is 6.69. The Hall–Kier alpha value is -2.22. The molecule has 1 aliphatic heterocycles. The fraction of sp³-hybridized carbons (Fsp3) is 0.529. The molecule has 1 aliphatic rings. The molecule has 1 aromatic rings. The van der Waals surface area contributed by atoms with Gasteiger partial charge in [0.05, 0.1) is 11.3 Å². The highest BCUT2D eigenvalue weighted by molar-refractivity contribution is 5.96. The van der Waals surface area contributed by atoms with E-state index in [1.807, 2.05) is 13.8 Å². The molecule has 0 aromatic heterocycles. The van der Waals surface area contributed by atoms with Crippen molar-refractivity contribution in [2.75, 3.05) is 38.0 Å². The van der Waals surface area contributed by atoms with Crippen LogP contribution >= 0.6 is 0 Å². The van der Waals surface area contributed by atoms with Gasteiger partial charge in [-0.15, -0.1) is 0 Å². The maximum atomic E-state index is 14.3. The number of halogens is 2. The molecule has 1 aromatic carbocycles. The van der Waals surface area contributed by atoms with Crippen LogP contribution in [0.1, 0.15) is 30.6 Å². The molecule has 1 heterocycles. The van der Waals surface area contributed by atoms with Crippen molar-refractivity contribution >= 4 is 17.6 Å². The lowest BCUT2D eigenvalue weighted by molar-refractivity contribution is 0.0730. The predicted octanol–water partition coefficient (Wildman–Crippen LogP) is 2.18. The smallest absolute Gasteiger partial charge is 0.319 e. The number of carbonyl (C=O) groups is 2. The van der Waals surface area contributed by atoms with E-state index in [1.54, 1.807) is 0 Å². The molecule has 6 nitrogen and oxygen atoms in total. The second kappa shape index (κ2) is 8.75. The Morgan fingerprint density at radius 3 is 2.52 bits per heavy atom. The summed E-state index contributed by atoms with van der Waals surface area (Å²) in [6, 6.07) is 1.79. The Morgan fingerprint density at radius 2 is 1.88 bits per heavy atom. The summed E-state index contributed by atoms with van der Waals surface area (Å²) in [6.45, 7) is 6.59. The van der Waals surface area contributed by atoms with Gasteiger partial charge in [-0.3, -0.25) is 4.79 Å². The number of anilines is 1. The van der Waals surface area contributed by atoms with Crippen LogP contribution in [0.4, 0.5) is 19.3 Å². The summed E-state index contributed by atoms with van der Waals surface area (Å²) in [6.07, 6.45) is 0.780. The fourth-order valence-electron chi connectivity index (χ4n) is 2.49. The summed E-state index contributed by atoms with van der Waals surface area (Å²) in [5, 5.41) is 7.93. The first kappa shape index (κ1) is 19.1. The molecule has 0 bridgehead atoms. The lowest BCUT2D eigenvalue weighted by atomic mass is 10.1. The van der Waals surface area contributed by atoms with Crippen molar-refractivity contribution in [1.82, 2.24) is 15.5 Å². The quantitative estimate of drug-likeness (QED) is 0.759. The minimum absolute atomic E-state index is 0.295. The van der Waals surface area contributed by atoms with Gasteiger partial charge in [0.25, 0.3) is 5.91 Å². The zero-order valence-electron chi connectivity index (χ0n) is 14.5. The van der Waals surface area contributed by atoms with E-state index in [1.165, 1.54) is 17.0 Å². The highest BCUT2D eigenvalue weighted by Crippen LogP contribution is 2.22. The van der Waals surface area contributed by atoms with Gasteiger partial charge in [0.15, 0.2) is 11.6 Å². The van der Waals surface area contributed by atoms with E-state index in [0.717, 1.165) is 6.42 Å². The summed E-state index contributed by atoms with van der Waals surface area (Å²) < 4.78 is 28.5. The predicted molar refractivity (Wildman–Crippen MR) is 91.6 cm³/mol. The van der Waals surface area contributed by atoms with Crippen molar-refractivity contribution in [3.8, 4) is 0 Å². The van der Waals surface area contributed by atoms with Gasteiger partial charge < -0.3 is 20.9 Å². The summed E-state index contributed by atoms with van der Waals surface area (Å²) in [7, 11) is 0. The Morgan fingerprint density at radius 1 is 1.20 bits per heavy atom. The Balaban J connectivity index is 2.03. The average molecular weight is 354 g/mol. The highest BCUT2D eigenvalue weighted by Gasteiger charge is 2.24. The first-order valence-electron chi connectivity index (χ1n) is 8.43. The van der Waals surface area contributed by atoms with Crippen LogP contribution in [0.15, 0.2) is 12.1 Å². The van der Waals surface area contributed by atoms with Gasteiger partial charge in [0.1, 0.15) is 0 Å². The molecule has 0 radical (unpaired) electrons. The van der Waals surface area contributed by atoms with Gasteiger partial charge in [-0.2, -0.15) is 0 Å². The molecular weight excluding hydrogens is 330 g/mol. The van der Waals surface area contributed by atoms with E-state index in [-0.39, 0.29) is 11.3 Å². The molecule has 0 saturated carbocycles. The second-order valence-electron chi connectivity index (χ2n) is 6.39. The van der Waals surface area contributed by atoms with E-state index in [0.29, 0.717) is 38.6 Å². The Labute approximate surface area is 146 Å². The summed E-state index contributed by atoms with van der Waals surface area (Å²) in [5.41, 5.74) is -0.624. The third kappa shape index (κ3) is 5.12. The van der Waals surface area contributed by atoms with Crippen LogP contribution in [-0.2, 0) is 0 Å². The number of rotatable bonds is 5. The largest absolute Gasteiger partial charge is 0.338 e. The van der Waals surface area contributed by atoms with Gasteiger partial charge in [0.2, 0.25) is 0 Å². The summed E-state index contributed by atoms with van der Waals surface area (Å²) >= 11 is 0. The number of benzene rings is 1. The van der Waals surface area contributed by atoms with Crippen LogP contribution in [0.5, 0.6) is 0 Å². The second-order valence-corrected chi connectivity index (χ2v) is 6.39. The topological polar surface area (TPSA) is 73.5 Å². The number of hydrogen-bond acceptors (Lipinski definition) is 3. The molecule has 2 rings (SSSR count). The third-order valence-electron chi connectivity index (χ3n) is 3.97. The monoisotopic (exact) mass is 354 g/mol. The molecule has 1 saturated heterocycles. The molecule has 138 valence electrons. The van der Waals surface area contributed by atoms with Gasteiger partial charge in [-0.1, -0.05) is 13.8 Å². The lowest BCUT2D eigenvalue weighted by Gasteiger charge is -2.27. The van der Waals surface area contributed by atoms with Crippen molar-refractivity contribution < 1.29 is 18.4 Å². The standard InChI is InChI=1S/C17H24F2N4O2/c1-11(2)5-6-21-17(25)22-13-4-3-12(14(18)15(13)19)16(24)23-9-7-20-8-10-23/h3-4,11,20H,5-10H2,1-2H3,(H2,21,22,25). The number of piperazine rings is 1. The summed E-state index contributed by atoms with van der Waals surface area (Å²) in [4.78, 5) is 25.5. The van der Waals surface area contributed by atoms with Crippen LogP contribution in [0.3, 0.4) is 0 Å². The van der Waals surface area contributed by atoms with Gasteiger partial charge >= 0.3 is 6.03 Å². The molecule has 25 heavy (non-hydrogen) atoms. The molecule has 3 N–H and O–H groups in total. The van der Waals surface area contributed by atoms with Crippen LogP contribution < -0.4 is 16.0 Å². The van der Waals surface area contributed by atoms with Crippen molar-refractivity contribution in [3.05, 3.63) is 29.3 Å². The molecule has 0 unspecified atom stereocenters. The third-order valence-corrected chi connectivity index (χ3v) is 3.97. The Bertz CT molecular complexity index is 631. The van der Waals surface area contributed by atoms with Crippen molar-refractivity contribution in [2.45, 2.75) is 20.3 Å². The van der Waals surface area contributed by atoms with Crippen LogP contribution in [0.2, 0.25) is 0 Å². The van der Waals surface area contributed by atoms with Crippen LogP contribution in [0, 0.1) is 17.6 Å². The molecular formula is C17H24F2N4O2. The molecule has 8 heteroatoms. The molecule has 0 aliphatic carbocycles. The number of carbonyl (C=O) groups excluding carboxylic acids is 2. The summed E-state index contributed by atoms with van der Waals surface area (Å²) in [5.74, 6) is -2.61. The van der Waals surface area contributed by atoms with Gasteiger partial charge in [-0.05, 0) is 24.5 Å². The normalized spacial score (nSPS) is 14.5. The lowest BCUT2D eigenvalue weighted by Crippen LogP contribution is -2.46. The average Bonchev–Trinajstić information content (AvgIpc) is 2.59. The van der Waals surface area contributed by atoms with Crippen LogP contribution in [0.25, 0.3) is 0 Å². The fourth-order valence-corrected chi connectivity index (χ4v) is 2.49. The van der Waals surface area contributed by atoms with Gasteiger partial charge in [-0.25, -0.2) is 13.6 Å². The number of nitrogens with zero attached hydrogens (tertiary/aromatic N) is 1. The van der Waals surface area contributed by atoms with E-state index in [9.17, 15) is 18.4 Å². The first-order valence-corrected chi connectivity index (χ1v) is 8.43. The maximum Gasteiger partial charge on any atom is 0.319 e. The highest BCUT2D eigenvalue weighted by atomic mass is 19.2. The van der Waals surface area contributed by atoms with E-state index < -0.39 is 23.6 Å². The zero-order valence-corrected chi connectivity index (χ0v) is 14.5. The number of urea groups is 1. The van der Waals surface area contributed by atoms with Crippen molar-refractivity contribution in [3.63, 3.8) is 0 Å². The number of nitrogens with one attached hydrogen (secondary N) is 3. The number of hydrogen-bond donors (Lipinski definition) is 3. The van der Waals surface area contributed by atoms with Crippen molar-refractivity contribution in [2.24, 2.45) is 5.92 Å². The van der Waals surface area contributed by atoms with E-state index >= 15 is 0 Å². The van der Waals surface area contributed by atoms with Gasteiger partial charge in [0, 0.05) is 32.7 Å². The van der Waals surface area contributed by atoms with Crippen molar-refractivity contribution in [1.29, 1.82) is 0 Å². The van der Waals surface area contributed by atoms with E-state index in [2.05, 4.69) is 16.0 Å². The zero-order chi connectivity index (χ0) is 18.4.